The Bertz CT molecular complexity index is 949. The van der Waals surface area contributed by atoms with E-state index in [-0.39, 0.29) is 30.1 Å². The van der Waals surface area contributed by atoms with Crippen molar-refractivity contribution in [2.45, 2.75) is 33.4 Å². The molecule has 6 nitrogen and oxygen atoms in total. The van der Waals surface area contributed by atoms with Gasteiger partial charge in [0.1, 0.15) is 5.75 Å². The molecule has 0 heterocycles. The fourth-order valence-electron chi connectivity index (χ4n) is 2.36. The van der Waals surface area contributed by atoms with E-state index < -0.39 is 10.1 Å². The van der Waals surface area contributed by atoms with E-state index in [9.17, 15) is 13.2 Å². The average molecular weight is 445 g/mol. The molecule has 28 heavy (non-hydrogen) atoms. The van der Waals surface area contributed by atoms with Crippen molar-refractivity contribution in [1.82, 2.24) is 4.90 Å². The maximum atomic E-state index is 12.7. The molecular formula is C19H22Cl2N2O4S. The van der Waals surface area contributed by atoms with Gasteiger partial charge >= 0.3 is 16.1 Å². The highest BCUT2D eigenvalue weighted by Crippen LogP contribution is 2.25. The van der Waals surface area contributed by atoms with Crippen molar-refractivity contribution in [2.75, 3.05) is 11.1 Å². The zero-order valence-corrected chi connectivity index (χ0v) is 18.1. The van der Waals surface area contributed by atoms with E-state index in [0.717, 1.165) is 5.56 Å². The third-order valence-corrected chi connectivity index (χ3v) is 5.78. The molecule has 9 heteroatoms. The number of urea groups is 1. The van der Waals surface area contributed by atoms with Crippen molar-refractivity contribution in [3.05, 3.63) is 58.1 Å². The van der Waals surface area contributed by atoms with Gasteiger partial charge in [-0.3, -0.25) is 0 Å². The van der Waals surface area contributed by atoms with Crippen molar-refractivity contribution in [1.29, 1.82) is 0 Å². The summed E-state index contributed by atoms with van der Waals surface area (Å²) in [5, 5.41) is 3.54. The predicted molar refractivity (Wildman–Crippen MR) is 113 cm³/mol. The molecule has 2 aromatic carbocycles. The number of hydrogen-bond donors (Lipinski definition) is 1. The van der Waals surface area contributed by atoms with Crippen LogP contribution in [0.5, 0.6) is 5.75 Å². The summed E-state index contributed by atoms with van der Waals surface area (Å²) in [6.45, 7) is 5.55. The highest BCUT2D eigenvalue weighted by atomic mass is 35.5. The molecule has 0 fully saturated rings. The van der Waals surface area contributed by atoms with Crippen LogP contribution >= 0.6 is 23.2 Å². The molecule has 0 bridgehead atoms. The Balaban J connectivity index is 2.16. The maximum Gasteiger partial charge on any atom is 0.322 e. The van der Waals surface area contributed by atoms with E-state index in [4.69, 9.17) is 27.4 Å². The highest BCUT2D eigenvalue weighted by molar-refractivity contribution is 7.87. The lowest BCUT2D eigenvalue weighted by Crippen LogP contribution is -2.39. The SMILES string of the molecule is CCS(=O)(=O)Oc1cccc(CN(C(=O)Nc2ccc(Cl)c(Cl)c2)C(C)C)c1. The van der Waals surface area contributed by atoms with E-state index in [2.05, 4.69) is 5.32 Å². The van der Waals surface area contributed by atoms with Crippen LogP contribution in [0.4, 0.5) is 10.5 Å². The lowest BCUT2D eigenvalue weighted by molar-refractivity contribution is 0.193. The maximum absolute atomic E-state index is 12.7. The zero-order valence-electron chi connectivity index (χ0n) is 15.8. The first kappa shape index (κ1) is 22.3. The van der Waals surface area contributed by atoms with E-state index in [1.807, 2.05) is 13.8 Å². The second-order valence-electron chi connectivity index (χ2n) is 6.36. The number of carbonyl (C=O) groups is 1. The monoisotopic (exact) mass is 444 g/mol. The average Bonchev–Trinajstić information content (AvgIpc) is 2.62. The number of rotatable bonds is 7. The minimum Gasteiger partial charge on any atom is -0.382 e. The zero-order chi connectivity index (χ0) is 20.9. The number of benzene rings is 2. The van der Waals surface area contributed by atoms with Crippen LogP contribution < -0.4 is 9.50 Å². The molecule has 0 unspecified atom stereocenters. The quantitative estimate of drug-likeness (QED) is 0.597. The van der Waals surface area contributed by atoms with Crippen LogP contribution in [-0.4, -0.2) is 31.1 Å². The minimum atomic E-state index is -3.61. The molecule has 0 aliphatic rings. The van der Waals surface area contributed by atoms with E-state index in [0.29, 0.717) is 15.7 Å². The molecule has 152 valence electrons. The minimum absolute atomic E-state index is 0.105. The molecule has 2 aromatic rings. The second kappa shape index (κ2) is 9.49. The number of anilines is 1. The Labute approximate surface area is 175 Å². The van der Waals surface area contributed by atoms with E-state index in [1.165, 1.54) is 6.92 Å². The first-order chi connectivity index (χ1) is 13.1. The summed E-state index contributed by atoms with van der Waals surface area (Å²) in [5.74, 6) is 0.0921. The first-order valence-electron chi connectivity index (χ1n) is 8.65. The van der Waals surface area contributed by atoms with E-state index >= 15 is 0 Å². The molecule has 0 aliphatic carbocycles. The van der Waals surface area contributed by atoms with Crippen molar-refractivity contribution in [2.24, 2.45) is 0 Å². The first-order valence-corrected chi connectivity index (χ1v) is 11.0. The van der Waals surface area contributed by atoms with Crippen LogP contribution in [0.25, 0.3) is 0 Å². The Morgan fingerprint density at radius 2 is 1.86 bits per heavy atom. The topological polar surface area (TPSA) is 75.7 Å². The third-order valence-electron chi connectivity index (χ3n) is 3.88. The second-order valence-corrected chi connectivity index (χ2v) is 9.03. The number of nitrogens with zero attached hydrogens (tertiary/aromatic N) is 1. The molecule has 0 aliphatic heterocycles. The summed E-state index contributed by atoms with van der Waals surface area (Å²) in [4.78, 5) is 14.3. The van der Waals surface area contributed by atoms with Crippen LogP contribution in [0.3, 0.4) is 0 Å². The van der Waals surface area contributed by atoms with Gasteiger partial charge in [-0.25, -0.2) is 4.79 Å². The molecule has 2 amide bonds. The summed E-state index contributed by atoms with van der Waals surface area (Å²) < 4.78 is 28.4. The van der Waals surface area contributed by atoms with Crippen molar-refractivity contribution in [3.63, 3.8) is 0 Å². The molecule has 0 saturated heterocycles. The summed E-state index contributed by atoms with van der Waals surface area (Å²) in [6.07, 6.45) is 0. The normalized spacial score (nSPS) is 11.4. The number of halogens is 2. The van der Waals surface area contributed by atoms with Gasteiger partial charge in [0.05, 0.1) is 15.8 Å². The number of amides is 2. The lowest BCUT2D eigenvalue weighted by atomic mass is 10.2. The standard InChI is InChI=1S/C19H22Cl2N2O4S/c1-4-28(25,26)27-16-7-5-6-14(10-16)12-23(13(2)3)19(24)22-15-8-9-17(20)18(21)11-15/h5-11,13H,4,12H2,1-3H3,(H,22,24). The molecule has 1 N–H and O–H groups in total. The highest BCUT2D eigenvalue weighted by Gasteiger charge is 2.19. The molecule has 0 radical (unpaired) electrons. The summed E-state index contributed by atoms with van der Waals surface area (Å²) >= 11 is 11.9. The van der Waals surface area contributed by atoms with Crippen molar-refractivity contribution < 1.29 is 17.4 Å². The molecule has 0 spiro atoms. The van der Waals surface area contributed by atoms with Gasteiger partial charge < -0.3 is 14.4 Å². The molecule has 0 aromatic heterocycles. The number of carbonyl (C=O) groups excluding carboxylic acids is 1. The van der Waals surface area contributed by atoms with Gasteiger partial charge in [0, 0.05) is 18.3 Å². The van der Waals surface area contributed by atoms with E-state index in [1.54, 1.807) is 47.4 Å². The fourth-order valence-corrected chi connectivity index (χ4v) is 3.17. The molecule has 0 atom stereocenters. The Kier molecular flexibility index (Phi) is 7.57. The van der Waals surface area contributed by atoms with Gasteiger partial charge in [-0.1, -0.05) is 35.3 Å². The summed E-state index contributed by atoms with van der Waals surface area (Å²) in [5.41, 5.74) is 1.26. The predicted octanol–water partition coefficient (Wildman–Crippen LogP) is 5.16. The Morgan fingerprint density at radius 3 is 2.46 bits per heavy atom. The molecule has 0 saturated carbocycles. The van der Waals surface area contributed by atoms with Crippen molar-refractivity contribution >= 4 is 45.0 Å². The van der Waals surface area contributed by atoms with Crippen LogP contribution in [0, 0.1) is 0 Å². The van der Waals surface area contributed by atoms with Gasteiger partial charge in [0.25, 0.3) is 0 Å². The number of hydrogen-bond acceptors (Lipinski definition) is 4. The van der Waals surface area contributed by atoms with Crippen LogP contribution in [0.15, 0.2) is 42.5 Å². The molecular weight excluding hydrogens is 423 g/mol. The van der Waals surface area contributed by atoms with Crippen molar-refractivity contribution in [3.8, 4) is 5.75 Å². The lowest BCUT2D eigenvalue weighted by Gasteiger charge is -2.27. The van der Waals surface area contributed by atoms with Gasteiger partial charge in [-0.05, 0) is 56.7 Å². The Hall–Kier alpha value is -1.96. The largest absolute Gasteiger partial charge is 0.382 e. The smallest absolute Gasteiger partial charge is 0.322 e. The summed E-state index contributed by atoms with van der Waals surface area (Å²) in [6, 6.07) is 11.1. The van der Waals surface area contributed by atoms with Crippen LogP contribution in [-0.2, 0) is 16.7 Å². The van der Waals surface area contributed by atoms with Gasteiger partial charge in [-0.2, -0.15) is 8.42 Å². The molecule has 2 rings (SSSR count). The van der Waals surface area contributed by atoms with Crippen LogP contribution in [0.1, 0.15) is 26.3 Å². The Morgan fingerprint density at radius 1 is 1.14 bits per heavy atom. The number of nitrogens with one attached hydrogen (secondary N) is 1. The van der Waals surface area contributed by atoms with Gasteiger partial charge in [0.2, 0.25) is 0 Å². The third kappa shape index (κ3) is 6.29. The summed E-state index contributed by atoms with van der Waals surface area (Å²) in [7, 11) is -3.61. The van der Waals surface area contributed by atoms with Gasteiger partial charge in [-0.15, -0.1) is 0 Å². The van der Waals surface area contributed by atoms with Gasteiger partial charge in [0.15, 0.2) is 0 Å². The fraction of sp³-hybridized carbons (Fsp3) is 0.316. The van der Waals surface area contributed by atoms with Crippen LogP contribution in [0.2, 0.25) is 10.0 Å².